The Bertz CT molecular complexity index is 788. The highest BCUT2D eigenvalue weighted by Gasteiger charge is 2.27. The third-order valence-corrected chi connectivity index (χ3v) is 4.65. The SMILES string of the molecule is C=Nc1cnc2[nH]ccc2c1N(C)[C@H]1CC/C(=C/C)N(/N=C\C)C1. The van der Waals surface area contributed by atoms with E-state index in [9.17, 15) is 0 Å². The zero-order valence-electron chi connectivity index (χ0n) is 14.5. The molecule has 0 bridgehead atoms. The quantitative estimate of drug-likeness (QED) is 0.872. The monoisotopic (exact) mass is 324 g/mol. The van der Waals surface area contributed by atoms with E-state index in [2.05, 4.69) is 56.7 Å². The minimum Gasteiger partial charge on any atom is -0.367 e. The van der Waals surface area contributed by atoms with Crippen molar-refractivity contribution in [3.8, 4) is 0 Å². The van der Waals surface area contributed by atoms with E-state index in [1.54, 1.807) is 6.20 Å². The minimum absolute atomic E-state index is 0.346. The fourth-order valence-electron chi connectivity index (χ4n) is 3.37. The van der Waals surface area contributed by atoms with E-state index in [-0.39, 0.29) is 0 Å². The number of hydrogen-bond acceptors (Lipinski definition) is 5. The van der Waals surface area contributed by atoms with Crippen LogP contribution in [0.5, 0.6) is 0 Å². The summed E-state index contributed by atoms with van der Waals surface area (Å²) >= 11 is 0. The maximum atomic E-state index is 4.52. The molecular weight excluding hydrogens is 300 g/mol. The second kappa shape index (κ2) is 6.86. The summed E-state index contributed by atoms with van der Waals surface area (Å²) in [4.78, 5) is 14.1. The highest BCUT2D eigenvalue weighted by atomic mass is 15.5. The molecule has 2 aromatic heterocycles. The van der Waals surface area contributed by atoms with Crippen molar-refractivity contribution in [3.63, 3.8) is 0 Å². The molecular formula is C18H24N6. The van der Waals surface area contributed by atoms with Crippen LogP contribution < -0.4 is 4.90 Å². The average Bonchev–Trinajstić information content (AvgIpc) is 3.09. The molecule has 0 aromatic carbocycles. The smallest absolute Gasteiger partial charge is 0.139 e. The summed E-state index contributed by atoms with van der Waals surface area (Å²) in [5, 5.41) is 7.69. The van der Waals surface area contributed by atoms with Gasteiger partial charge in [0, 0.05) is 36.6 Å². The fraction of sp³-hybridized carbons (Fsp3) is 0.389. The van der Waals surface area contributed by atoms with Gasteiger partial charge in [0.05, 0.1) is 18.4 Å². The van der Waals surface area contributed by atoms with E-state index in [0.717, 1.165) is 41.8 Å². The molecule has 1 atom stereocenters. The van der Waals surface area contributed by atoms with Crippen LogP contribution in [0.1, 0.15) is 26.7 Å². The van der Waals surface area contributed by atoms with Crippen LogP contribution in [-0.4, -0.2) is 47.5 Å². The Balaban J connectivity index is 1.96. The molecule has 0 amide bonds. The van der Waals surface area contributed by atoms with Gasteiger partial charge in [0.25, 0.3) is 0 Å². The largest absolute Gasteiger partial charge is 0.367 e. The van der Waals surface area contributed by atoms with Crippen LogP contribution in [-0.2, 0) is 0 Å². The Hall–Kier alpha value is -2.63. The maximum absolute atomic E-state index is 4.52. The number of aliphatic imine (C=N–C) groups is 1. The predicted octanol–water partition coefficient (Wildman–Crippen LogP) is 3.71. The number of nitrogens with one attached hydrogen (secondary N) is 1. The second-order valence-electron chi connectivity index (χ2n) is 5.93. The number of H-pyrrole nitrogens is 1. The topological polar surface area (TPSA) is 59.9 Å². The molecule has 0 aliphatic carbocycles. The lowest BCUT2D eigenvalue weighted by Gasteiger charge is -2.39. The van der Waals surface area contributed by atoms with E-state index >= 15 is 0 Å². The predicted molar refractivity (Wildman–Crippen MR) is 101 cm³/mol. The van der Waals surface area contributed by atoms with Gasteiger partial charge in [-0.05, 0) is 39.5 Å². The number of pyridine rings is 1. The number of fused-ring (bicyclic) bond motifs is 1. The molecule has 3 heterocycles. The summed E-state index contributed by atoms with van der Waals surface area (Å²) in [5.74, 6) is 0. The third kappa shape index (κ3) is 2.79. The van der Waals surface area contributed by atoms with Gasteiger partial charge in [-0.15, -0.1) is 0 Å². The highest BCUT2D eigenvalue weighted by Crippen LogP contribution is 2.37. The van der Waals surface area contributed by atoms with Gasteiger partial charge in [-0.25, -0.2) is 4.98 Å². The Morgan fingerprint density at radius 3 is 3.00 bits per heavy atom. The molecule has 3 rings (SSSR count). The Morgan fingerprint density at radius 1 is 1.46 bits per heavy atom. The molecule has 1 aliphatic rings. The lowest BCUT2D eigenvalue weighted by Crippen LogP contribution is -2.44. The molecule has 0 saturated carbocycles. The van der Waals surface area contributed by atoms with Gasteiger partial charge in [-0.3, -0.25) is 10.0 Å². The van der Waals surface area contributed by atoms with Gasteiger partial charge >= 0.3 is 0 Å². The first-order chi connectivity index (χ1) is 11.7. The number of hydrazone groups is 1. The van der Waals surface area contributed by atoms with Crippen LogP contribution >= 0.6 is 0 Å². The molecule has 1 fully saturated rings. The number of likely N-dealkylation sites (N-methyl/N-ethyl adjacent to an activating group) is 1. The molecule has 0 radical (unpaired) electrons. The number of allylic oxidation sites excluding steroid dienone is 2. The van der Waals surface area contributed by atoms with Gasteiger partial charge in [0.1, 0.15) is 11.3 Å². The molecule has 1 aliphatic heterocycles. The van der Waals surface area contributed by atoms with E-state index in [1.807, 2.05) is 25.4 Å². The first-order valence-corrected chi connectivity index (χ1v) is 8.26. The molecule has 126 valence electrons. The van der Waals surface area contributed by atoms with Gasteiger partial charge < -0.3 is 9.88 Å². The molecule has 6 nitrogen and oxygen atoms in total. The minimum atomic E-state index is 0.346. The molecule has 1 N–H and O–H groups in total. The number of aromatic nitrogens is 2. The number of piperidine rings is 1. The average molecular weight is 324 g/mol. The van der Waals surface area contributed by atoms with Crippen LogP contribution in [0.25, 0.3) is 11.0 Å². The van der Waals surface area contributed by atoms with Gasteiger partial charge in [-0.2, -0.15) is 5.10 Å². The number of anilines is 1. The van der Waals surface area contributed by atoms with Crippen LogP contribution in [0.2, 0.25) is 0 Å². The van der Waals surface area contributed by atoms with Crippen molar-refractivity contribution in [2.75, 3.05) is 18.5 Å². The summed E-state index contributed by atoms with van der Waals surface area (Å²) in [7, 11) is 2.12. The summed E-state index contributed by atoms with van der Waals surface area (Å²) < 4.78 is 0. The molecule has 0 spiro atoms. The fourth-order valence-corrected chi connectivity index (χ4v) is 3.37. The Labute approximate surface area is 142 Å². The Kier molecular flexibility index (Phi) is 4.64. The number of hydrogen-bond donors (Lipinski definition) is 1. The summed E-state index contributed by atoms with van der Waals surface area (Å²) in [5.41, 5.74) is 4.04. The van der Waals surface area contributed by atoms with Crippen LogP contribution in [0, 0.1) is 0 Å². The van der Waals surface area contributed by atoms with Crippen molar-refractivity contribution in [3.05, 3.63) is 30.2 Å². The lowest BCUT2D eigenvalue weighted by atomic mass is 10.0. The van der Waals surface area contributed by atoms with E-state index in [1.165, 1.54) is 5.70 Å². The van der Waals surface area contributed by atoms with Crippen molar-refractivity contribution in [2.45, 2.75) is 32.7 Å². The van der Waals surface area contributed by atoms with Crippen LogP contribution in [0.15, 0.2) is 40.3 Å². The zero-order valence-corrected chi connectivity index (χ0v) is 14.5. The van der Waals surface area contributed by atoms with Crippen molar-refractivity contribution in [1.29, 1.82) is 0 Å². The van der Waals surface area contributed by atoms with E-state index in [0.29, 0.717) is 6.04 Å². The van der Waals surface area contributed by atoms with E-state index < -0.39 is 0 Å². The maximum Gasteiger partial charge on any atom is 0.139 e. The number of aromatic amines is 1. The molecule has 2 aromatic rings. The second-order valence-corrected chi connectivity index (χ2v) is 5.93. The normalized spacial score (nSPS) is 20.2. The third-order valence-electron chi connectivity index (χ3n) is 4.65. The molecule has 24 heavy (non-hydrogen) atoms. The lowest BCUT2D eigenvalue weighted by molar-refractivity contribution is 0.273. The summed E-state index contributed by atoms with van der Waals surface area (Å²) in [6, 6.07) is 2.39. The zero-order chi connectivity index (χ0) is 17.1. The molecule has 0 unspecified atom stereocenters. The van der Waals surface area contributed by atoms with Gasteiger partial charge in [0.15, 0.2) is 0 Å². The highest BCUT2D eigenvalue weighted by molar-refractivity contribution is 5.96. The van der Waals surface area contributed by atoms with E-state index in [4.69, 9.17) is 0 Å². The number of rotatable bonds is 4. The van der Waals surface area contributed by atoms with Crippen molar-refractivity contribution >= 4 is 35.3 Å². The van der Waals surface area contributed by atoms with Crippen molar-refractivity contribution in [2.24, 2.45) is 10.1 Å². The summed E-state index contributed by atoms with van der Waals surface area (Å²) in [6.07, 6.45) is 9.78. The first-order valence-electron chi connectivity index (χ1n) is 8.26. The van der Waals surface area contributed by atoms with Gasteiger partial charge in [0.2, 0.25) is 0 Å². The van der Waals surface area contributed by atoms with Gasteiger partial charge in [-0.1, -0.05) is 6.08 Å². The van der Waals surface area contributed by atoms with Crippen molar-refractivity contribution < 1.29 is 0 Å². The van der Waals surface area contributed by atoms with Crippen molar-refractivity contribution in [1.82, 2.24) is 15.0 Å². The first kappa shape index (κ1) is 16.2. The van der Waals surface area contributed by atoms with Crippen LogP contribution in [0.4, 0.5) is 11.4 Å². The summed E-state index contributed by atoms with van der Waals surface area (Å²) in [6.45, 7) is 8.59. The molecule has 1 saturated heterocycles. The molecule has 6 heteroatoms. The standard InChI is InChI=1S/C18H24N6/c1-5-13-7-8-14(12-24(13)22-6-2)23(4)17-15-9-10-20-18(15)21-11-16(17)19-3/h5-6,9-11,14H,3,7-8,12H2,1-2,4H3,(H,20,21)/b13-5-,22-6-/t14-/m0/s1. The number of nitrogens with zero attached hydrogens (tertiary/aromatic N) is 5. The Morgan fingerprint density at radius 2 is 2.29 bits per heavy atom. The van der Waals surface area contributed by atoms with Crippen LogP contribution in [0.3, 0.4) is 0 Å².